The minimum Gasteiger partial charge on any atom is -0.454 e. The predicted molar refractivity (Wildman–Crippen MR) is 122 cm³/mol. The molecule has 0 aliphatic carbocycles. The number of para-hydroxylation sites is 2. The second-order valence-electron chi connectivity index (χ2n) is 6.62. The van der Waals surface area contributed by atoms with Crippen molar-refractivity contribution in [1.82, 2.24) is 5.32 Å². The van der Waals surface area contributed by atoms with E-state index in [1.165, 1.54) is 0 Å². The van der Waals surface area contributed by atoms with Gasteiger partial charge in [-0.05, 0) is 48.5 Å². The van der Waals surface area contributed by atoms with Gasteiger partial charge in [0.1, 0.15) is 6.54 Å². The standard InChI is InChI=1S/C23H17BrN2O4S/c24-16-11-9-15(10-12-16)23(29)25-13-22(28)30-14-21(27)26-17-5-1-3-7-19(17)31-20-8-4-2-6-18(20)26/h1-12H,13-14H2,(H,25,29). The van der Waals surface area contributed by atoms with Gasteiger partial charge in [0, 0.05) is 19.8 Å². The second-order valence-corrected chi connectivity index (χ2v) is 8.62. The summed E-state index contributed by atoms with van der Waals surface area (Å²) in [5.41, 5.74) is 1.91. The minimum absolute atomic E-state index is 0.328. The van der Waals surface area contributed by atoms with Crippen molar-refractivity contribution >= 4 is 56.9 Å². The van der Waals surface area contributed by atoms with Crippen LogP contribution in [0.3, 0.4) is 0 Å². The number of hydrogen-bond donors (Lipinski definition) is 1. The molecule has 0 atom stereocenters. The van der Waals surface area contributed by atoms with Gasteiger partial charge in [-0.1, -0.05) is 52.0 Å². The zero-order valence-corrected chi connectivity index (χ0v) is 18.6. The summed E-state index contributed by atoms with van der Waals surface area (Å²) >= 11 is 4.89. The van der Waals surface area contributed by atoms with E-state index in [0.29, 0.717) is 5.56 Å². The van der Waals surface area contributed by atoms with Crippen molar-refractivity contribution in [3.8, 4) is 0 Å². The molecular weight excluding hydrogens is 480 g/mol. The molecule has 8 heteroatoms. The fourth-order valence-electron chi connectivity index (χ4n) is 3.09. The quantitative estimate of drug-likeness (QED) is 0.524. The zero-order chi connectivity index (χ0) is 21.8. The molecule has 1 heterocycles. The van der Waals surface area contributed by atoms with E-state index in [-0.39, 0.29) is 12.5 Å². The average molecular weight is 497 g/mol. The van der Waals surface area contributed by atoms with E-state index in [2.05, 4.69) is 21.2 Å². The highest BCUT2D eigenvalue weighted by molar-refractivity contribution is 9.10. The summed E-state index contributed by atoms with van der Waals surface area (Å²) in [4.78, 5) is 40.6. The molecule has 156 valence electrons. The summed E-state index contributed by atoms with van der Waals surface area (Å²) < 4.78 is 5.98. The number of ether oxygens (including phenoxy) is 1. The highest BCUT2D eigenvalue weighted by Gasteiger charge is 2.28. The van der Waals surface area contributed by atoms with E-state index in [1.54, 1.807) is 40.9 Å². The lowest BCUT2D eigenvalue weighted by Crippen LogP contribution is -2.35. The van der Waals surface area contributed by atoms with Gasteiger partial charge >= 0.3 is 5.97 Å². The van der Waals surface area contributed by atoms with Crippen molar-refractivity contribution in [3.05, 3.63) is 82.8 Å². The van der Waals surface area contributed by atoms with Crippen LogP contribution in [-0.4, -0.2) is 30.9 Å². The predicted octanol–water partition coefficient (Wildman–Crippen LogP) is 4.55. The largest absolute Gasteiger partial charge is 0.454 e. The van der Waals surface area contributed by atoms with E-state index in [9.17, 15) is 14.4 Å². The Bertz CT molecular complexity index is 1100. The fraction of sp³-hybridized carbons (Fsp3) is 0.0870. The number of nitrogens with zero attached hydrogens (tertiary/aromatic N) is 1. The van der Waals surface area contributed by atoms with Crippen molar-refractivity contribution in [2.24, 2.45) is 0 Å². The Labute approximate surface area is 191 Å². The second kappa shape index (κ2) is 9.36. The molecule has 1 aliphatic heterocycles. The van der Waals surface area contributed by atoms with Crippen LogP contribution < -0.4 is 10.2 Å². The molecule has 1 N–H and O–H groups in total. The van der Waals surface area contributed by atoms with Gasteiger partial charge < -0.3 is 10.1 Å². The SMILES string of the molecule is O=C(CNC(=O)c1ccc(Br)cc1)OCC(=O)N1c2ccccc2Sc2ccccc21. The molecule has 0 spiro atoms. The van der Waals surface area contributed by atoms with Gasteiger partial charge in [0.15, 0.2) is 6.61 Å². The van der Waals surface area contributed by atoms with Gasteiger partial charge in [-0.2, -0.15) is 0 Å². The van der Waals surface area contributed by atoms with Crippen LogP contribution in [0.15, 0.2) is 87.1 Å². The Kier molecular flexibility index (Phi) is 6.39. The van der Waals surface area contributed by atoms with E-state index in [1.807, 2.05) is 48.5 Å². The third-order valence-corrected chi connectivity index (χ3v) is 6.20. The lowest BCUT2D eigenvalue weighted by Gasteiger charge is -2.30. The Morgan fingerprint density at radius 2 is 1.45 bits per heavy atom. The first kappa shape index (κ1) is 21.1. The Morgan fingerprint density at radius 1 is 0.871 bits per heavy atom. The number of benzene rings is 3. The molecule has 4 rings (SSSR count). The van der Waals surface area contributed by atoms with E-state index >= 15 is 0 Å². The van der Waals surface area contributed by atoms with Gasteiger partial charge in [0.2, 0.25) is 0 Å². The molecule has 0 saturated carbocycles. The van der Waals surface area contributed by atoms with Crippen LogP contribution >= 0.6 is 27.7 Å². The third-order valence-electron chi connectivity index (χ3n) is 4.54. The maximum atomic E-state index is 13.0. The average Bonchev–Trinajstić information content (AvgIpc) is 2.79. The van der Waals surface area contributed by atoms with Gasteiger partial charge in [0.25, 0.3) is 11.8 Å². The molecule has 6 nitrogen and oxygen atoms in total. The molecule has 0 aromatic heterocycles. The fourth-order valence-corrected chi connectivity index (χ4v) is 4.41. The lowest BCUT2D eigenvalue weighted by atomic mass is 10.2. The summed E-state index contributed by atoms with van der Waals surface area (Å²) in [5, 5.41) is 2.50. The van der Waals surface area contributed by atoms with E-state index < -0.39 is 18.5 Å². The van der Waals surface area contributed by atoms with Gasteiger partial charge in [-0.15, -0.1) is 0 Å². The zero-order valence-electron chi connectivity index (χ0n) is 16.2. The molecule has 3 aromatic rings. The first-order valence-electron chi connectivity index (χ1n) is 9.41. The Hall–Kier alpha value is -3.10. The lowest BCUT2D eigenvalue weighted by molar-refractivity contribution is -0.146. The van der Waals surface area contributed by atoms with Gasteiger partial charge in [-0.25, -0.2) is 0 Å². The monoisotopic (exact) mass is 496 g/mol. The summed E-state index contributed by atoms with van der Waals surface area (Å²) in [7, 11) is 0. The smallest absolute Gasteiger partial charge is 0.325 e. The summed E-state index contributed by atoms with van der Waals surface area (Å²) in [5.74, 6) is -1.45. The van der Waals surface area contributed by atoms with Crippen molar-refractivity contribution in [2.45, 2.75) is 9.79 Å². The van der Waals surface area contributed by atoms with Crippen molar-refractivity contribution in [2.75, 3.05) is 18.1 Å². The normalized spacial score (nSPS) is 11.8. The number of nitrogens with one attached hydrogen (secondary N) is 1. The number of carbonyl (C=O) groups is 3. The van der Waals surface area contributed by atoms with Crippen molar-refractivity contribution in [1.29, 1.82) is 0 Å². The number of hydrogen-bond acceptors (Lipinski definition) is 5. The molecule has 0 unspecified atom stereocenters. The molecule has 2 amide bonds. The highest BCUT2D eigenvalue weighted by atomic mass is 79.9. The number of carbonyl (C=O) groups excluding carboxylic acids is 3. The number of amides is 2. The summed E-state index contributed by atoms with van der Waals surface area (Å²) in [6, 6.07) is 21.9. The van der Waals surface area contributed by atoms with Crippen molar-refractivity contribution in [3.63, 3.8) is 0 Å². The van der Waals surface area contributed by atoms with Crippen LogP contribution in [0.5, 0.6) is 0 Å². The van der Waals surface area contributed by atoms with Crippen molar-refractivity contribution < 1.29 is 19.1 Å². The van der Waals surface area contributed by atoms with Crippen LogP contribution in [-0.2, 0) is 14.3 Å². The van der Waals surface area contributed by atoms with Crippen LogP contribution in [0.1, 0.15) is 10.4 Å². The Balaban J connectivity index is 1.38. The molecule has 1 aliphatic rings. The van der Waals surface area contributed by atoms with Crippen LogP contribution in [0.25, 0.3) is 0 Å². The third kappa shape index (κ3) is 4.81. The van der Waals surface area contributed by atoms with Crippen LogP contribution in [0.2, 0.25) is 0 Å². The molecule has 0 saturated heterocycles. The number of fused-ring (bicyclic) bond motifs is 2. The number of esters is 1. The molecular formula is C23H17BrN2O4S. The summed E-state index contributed by atoms with van der Waals surface area (Å²) in [6.07, 6.45) is 0. The topological polar surface area (TPSA) is 75.7 Å². The first-order chi connectivity index (χ1) is 15.0. The first-order valence-corrected chi connectivity index (χ1v) is 11.0. The maximum absolute atomic E-state index is 13.0. The molecule has 31 heavy (non-hydrogen) atoms. The van der Waals surface area contributed by atoms with Gasteiger partial charge in [0.05, 0.1) is 11.4 Å². The van der Waals surface area contributed by atoms with E-state index in [4.69, 9.17) is 4.74 Å². The van der Waals surface area contributed by atoms with Gasteiger partial charge in [-0.3, -0.25) is 19.3 Å². The van der Waals surface area contributed by atoms with E-state index in [0.717, 1.165) is 25.6 Å². The molecule has 0 radical (unpaired) electrons. The van der Waals surface area contributed by atoms with Crippen LogP contribution in [0.4, 0.5) is 11.4 Å². The highest BCUT2D eigenvalue weighted by Crippen LogP contribution is 2.47. The molecule has 0 fully saturated rings. The maximum Gasteiger partial charge on any atom is 0.325 e. The number of rotatable bonds is 5. The minimum atomic E-state index is -0.688. The number of anilines is 2. The molecule has 0 bridgehead atoms. The number of halogens is 1. The summed E-state index contributed by atoms with van der Waals surface area (Å²) in [6.45, 7) is -0.758. The van der Waals surface area contributed by atoms with Crippen LogP contribution in [0, 0.1) is 0 Å². The molecule has 3 aromatic carbocycles. The Morgan fingerprint density at radius 3 is 2.06 bits per heavy atom.